The topological polar surface area (TPSA) is 47.1 Å². The van der Waals surface area contributed by atoms with Crippen molar-refractivity contribution in [2.75, 3.05) is 5.73 Å². The van der Waals surface area contributed by atoms with E-state index in [1.165, 1.54) is 18.4 Å². The lowest BCUT2D eigenvalue weighted by Gasteiger charge is -2.21. The number of rotatable bonds is 5. The third-order valence-electron chi connectivity index (χ3n) is 3.56. The summed E-state index contributed by atoms with van der Waals surface area (Å²) in [7, 11) is 1.96. The second-order valence-electron chi connectivity index (χ2n) is 5.36. The number of benzene rings is 1. The number of nitrogen functional groups attached to an aromatic ring is 1. The van der Waals surface area contributed by atoms with Crippen LogP contribution >= 0.6 is 0 Å². The standard InChI is InChI=1S/C15H20N4/c1-18-9-8-14(17-18)11-19(15-6-7-15)10-12-2-4-13(16)5-3-12/h2-5,8-9,15H,6-7,10-11,16H2,1H3. The van der Waals surface area contributed by atoms with E-state index in [0.29, 0.717) is 0 Å². The lowest BCUT2D eigenvalue weighted by molar-refractivity contribution is 0.242. The van der Waals surface area contributed by atoms with Crippen LogP contribution in [0.3, 0.4) is 0 Å². The van der Waals surface area contributed by atoms with E-state index < -0.39 is 0 Å². The van der Waals surface area contributed by atoms with Gasteiger partial charge in [0.15, 0.2) is 0 Å². The van der Waals surface area contributed by atoms with Crippen molar-refractivity contribution in [1.82, 2.24) is 14.7 Å². The quantitative estimate of drug-likeness (QED) is 0.834. The average Bonchev–Trinajstić information content (AvgIpc) is 3.16. The summed E-state index contributed by atoms with van der Waals surface area (Å²) >= 11 is 0. The zero-order valence-electron chi connectivity index (χ0n) is 11.3. The van der Waals surface area contributed by atoms with Gasteiger partial charge in [-0.15, -0.1) is 0 Å². The molecule has 2 N–H and O–H groups in total. The van der Waals surface area contributed by atoms with Crippen LogP contribution in [0.2, 0.25) is 0 Å². The Balaban J connectivity index is 1.69. The average molecular weight is 256 g/mol. The summed E-state index contributed by atoms with van der Waals surface area (Å²) in [4.78, 5) is 2.51. The van der Waals surface area contributed by atoms with Crippen molar-refractivity contribution < 1.29 is 0 Å². The van der Waals surface area contributed by atoms with Crippen molar-refractivity contribution in [2.45, 2.75) is 32.0 Å². The van der Waals surface area contributed by atoms with E-state index in [4.69, 9.17) is 5.73 Å². The zero-order chi connectivity index (χ0) is 13.2. The Morgan fingerprint density at radius 1 is 1.21 bits per heavy atom. The van der Waals surface area contributed by atoms with Gasteiger partial charge in [0.2, 0.25) is 0 Å². The summed E-state index contributed by atoms with van der Waals surface area (Å²) in [6.45, 7) is 1.90. The van der Waals surface area contributed by atoms with Gasteiger partial charge in [-0.2, -0.15) is 5.10 Å². The number of aryl methyl sites for hydroxylation is 1. The molecule has 0 unspecified atom stereocenters. The van der Waals surface area contributed by atoms with Gasteiger partial charge in [0.1, 0.15) is 0 Å². The van der Waals surface area contributed by atoms with Gasteiger partial charge in [-0.3, -0.25) is 9.58 Å². The molecule has 3 rings (SSSR count). The highest BCUT2D eigenvalue weighted by atomic mass is 15.3. The minimum Gasteiger partial charge on any atom is -0.399 e. The van der Waals surface area contributed by atoms with Gasteiger partial charge in [0.25, 0.3) is 0 Å². The van der Waals surface area contributed by atoms with Gasteiger partial charge in [0.05, 0.1) is 5.69 Å². The molecule has 0 atom stereocenters. The van der Waals surface area contributed by atoms with Crippen LogP contribution in [0.4, 0.5) is 5.69 Å². The molecule has 1 aliphatic rings. The predicted molar refractivity (Wildman–Crippen MR) is 76.3 cm³/mol. The van der Waals surface area contributed by atoms with Gasteiger partial charge in [-0.05, 0) is 36.6 Å². The van der Waals surface area contributed by atoms with Crippen LogP contribution in [-0.2, 0) is 20.1 Å². The Morgan fingerprint density at radius 2 is 1.95 bits per heavy atom. The normalized spacial score (nSPS) is 15.1. The molecule has 1 heterocycles. The maximum absolute atomic E-state index is 5.73. The monoisotopic (exact) mass is 256 g/mol. The molecule has 19 heavy (non-hydrogen) atoms. The minimum atomic E-state index is 0.722. The third kappa shape index (κ3) is 3.15. The Labute approximate surface area is 113 Å². The molecule has 1 aromatic carbocycles. The van der Waals surface area contributed by atoms with Gasteiger partial charge in [0, 0.05) is 38.1 Å². The maximum Gasteiger partial charge on any atom is 0.0764 e. The Bertz CT molecular complexity index is 540. The lowest BCUT2D eigenvalue weighted by Crippen LogP contribution is -2.25. The summed E-state index contributed by atoms with van der Waals surface area (Å²) < 4.78 is 1.86. The molecular formula is C15H20N4. The number of hydrogen-bond acceptors (Lipinski definition) is 3. The fraction of sp³-hybridized carbons (Fsp3) is 0.400. The van der Waals surface area contributed by atoms with Crippen molar-refractivity contribution in [3.8, 4) is 0 Å². The molecule has 4 nitrogen and oxygen atoms in total. The molecule has 0 spiro atoms. The van der Waals surface area contributed by atoms with E-state index in [-0.39, 0.29) is 0 Å². The molecule has 0 aliphatic heterocycles. The molecule has 0 radical (unpaired) electrons. The Hall–Kier alpha value is -1.81. The Morgan fingerprint density at radius 3 is 2.53 bits per heavy atom. The summed E-state index contributed by atoms with van der Waals surface area (Å²) in [5, 5.41) is 4.47. The van der Waals surface area contributed by atoms with Gasteiger partial charge < -0.3 is 5.73 Å². The van der Waals surface area contributed by atoms with Crippen molar-refractivity contribution >= 4 is 5.69 Å². The van der Waals surface area contributed by atoms with Crippen LogP contribution in [0.25, 0.3) is 0 Å². The molecule has 100 valence electrons. The number of nitrogens with two attached hydrogens (primary N) is 1. The molecule has 0 amide bonds. The van der Waals surface area contributed by atoms with Crippen LogP contribution in [0.1, 0.15) is 24.1 Å². The second kappa shape index (κ2) is 5.05. The third-order valence-corrected chi connectivity index (χ3v) is 3.56. The smallest absolute Gasteiger partial charge is 0.0764 e. The summed E-state index contributed by atoms with van der Waals surface area (Å²) in [6.07, 6.45) is 4.62. The fourth-order valence-corrected chi connectivity index (χ4v) is 2.37. The molecule has 4 heteroatoms. The Kier molecular flexibility index (Phi) is 3.25. The number of anilines is 1. The highest BCUT2D eigenvalue weighted by molar-refractivity contribution is 5.39. The molecule has 1 aromatic heterocycles. The maximum atomic E-state index is 5.73. The SMILES string of the molecule is Cn1ccc(CN(Cc2ccc(N)cc2)C2CC2)n1. The van der Waals surface area contributed by atoms with Crippen molar-refractivity contribution in [2.24, 2.45) is 7.05 Å². The summed E-state index contributed by atoms with van der Waals surface area (Å²) in [6, 6.07) is 11.0. The van der Waals surface area contributed by atoms with Gasteiger partial charge >= 0.3 is 0 Å². The summed E-state index contributed by atoms with van der Waals surface area (Å²) in [5.41, 5.74) is 9.02. The van der Waals surface area contributed by atoms with Gasteiger partial charge in [-0.25, -0.2) is 0 Å². The van der Waals surface area contributed by atoms with E-state index in [0.717, 1.165) is 30.5 Å². The molecule has 1 saturated carbocycles. The van der Waals surface area contributed by atoms with Crippen LogP contribution in [0.15, 0.2) is 36.5 Å². The molecule has 1 aliphatic carbocycles. The first kappa shape index (κ1) is 12.2. The van der Waals surface area contributed by atoms with Gasteiger partial charge in [-0.1, -0.05) is 12.1 Å². The van der Waals surface area contributed by atoms with Crippen LogP contribution in [-0.4, -0.2) is 20.7 Å². The van der Waals surface area contributed by atoms with E-state index in [1.807, 2.05) is 30.1 Å². The van der Waals surface area contributed by atoms with Crippen LogP contribution in [0.5, 0.6) is 0 Å². The van der Waals surface area contributed by atoms with Crippen LogP contribution in [0, 0.1) is 0 Å². The number of aromatic nitrogens is 2. The first-order valence-electron chi connectivity index (χ1n) is 6.78. The van der Waals surface area contributed by atoms with E-state index in [9.17, 15) is 0 Å². The largest absolute Gasteiger partial charge is 0.399 e. The highest BCUT2D eigenvalue weighted by Crippen LogP contribution is 2.29. The van der Waals surface area contributed by atoms with E-state index >= 15 is 0 Å². The number of hydrogen-bond donors (Lipinski definition) is 1. The van der Waals surface area contributed by atoms with Crippen molar-refractivity contribution in [3.05, 3.63) is 47.8 Å². The first-order valence-corrected chi connectivity index (χ1v) is 6.78. The number of nitrogens with zero attached hydrogens (tertiary/aromatic N) is 3. The second-order valence-corrected chi connectivity index (χ2v) is 5.36. The molecule has 2 aromatic rings. The van der Waals surface area contributed by atoms with Crippen molar-refractivity contribution in [1.29, 1.82) is 0 Å². The van der Waals surface area contributed by atoms with E-state index in [1.54, 1.807) is 0 Å². The molecule has 0 bridgehead atoms. The minimum absolute atomic E-state index is 0.722. The fourth-order valence-electron chi connectivity index (χ4n) is 2.37. The zero-order valence-corrected chi connectivity index (χ0v) is 11.3. The molecule has 0 saturated heterocycles. The molecular weight excluding hydrogens is 236 g/mol. The summed E-state index contributed by atoms with van der Waals surface area (Å²) in [5.74, 6) is 0. The molecule has 1 fully saturated rings. The highest BCUT2D eigenvalue weighted by Gasteiger charge is 2.29. The lowest BCUT2D eigenvalue weighted by atomic mass is 10.2. The first-order chi connectivity index (χ1) is 9.20. The van der Waals surface area contributed by atoms with Crippen molar-refractivity contribution in [3.63, 3.8) is 0 Å². The predicted octanol–water partition coefficient (Wildman–Crippen LogP) is 2.17. The van der Waals surface area contributed by atoms with E-state index in [2.05, 4.69) is 28.2 Å². The van der Waals surface area contributed by atoms with Crippen LogP contribution < -0.4 is 5.73 Å².